The van der Waals surface area contributed by atoms with Crippen LogP contribution in [0.3, 0.4) is 0 Å². The van der Waals surface area contributed by atoms with Gasteiger partial charge in [0.25, 0.3) is 5.56 Å². The molecule has 1 fully saturated rings. The molecule has 2 heterocycles. The van der Waals surface area contributed by atoms with E-state index in [1.54, 1.807) is 14.2 Å². The van der Waals surface area contributed by atoms with Gasteiger partial charge < -0.3 is 24.8 Å². The molecule has 1 N–H and O–H groups in total. The van der Waals surface area contributed by atoms with Gasteiger partial charge in [-0.15, -0.1) is 0 Å². The van der Waals surface area contributed by atoms with E-state index in [1.165, 1.54) is 17.7 Å². The lowest BCUT2D eigenvalue weighted by Crippen LogP contribution is -2.56. The number of hydrogen-bond donors (Lipinski definition) is 1. The molecule has 0 atom stereocenters. The SMILES string of the molecule is COc1ccccc1N1CC[N+]([O-])(CCCNc2cc(=O)n(C)c(=O)n2C)CC1. The average molecular weight is 403 g/mol. The minimum atomic E-state index is -0.375. The molecule has 3 rings (SSSR count). The number of benzene rings is 1. The van der Waals surface area contributed by atoms with Gasteiger partial charge in [0.15, 0.2) is 0 Å². The van der Waals surface area contributed by atoms with E-state index in [-0.39, 0.29) is 15.9 Å². The number of quaternary nitrogens is 1. The first-order valence-corrected chi connectivity index (χ1v) is 9.81. The van der Waals surface area contributed by atoms with Crippen LogP contribution in [0, 0.1) is 5.21 Å². The Kier molecular flexibility index (Phi) is 6.29. The number of hydroxylamine groups is 3. The maximum atomic E-state index is 13.0. The van der Waals surface area contributed by atoms with Crippen molar-refractivity contribution < 1.29 is 9.38 Å². The summed E-state index contributed by atoms with van der Waals surface area (Å²) >= 11 is 0. The molecule has 2 aromatic rings. The normalized spacial score (nSPS) is 15.9. The number of rotatable bonds is 7. The Morgan fingerprint density at radius 1 is 1.14 bits per heavy atom. The minimum Gasteiger partial charge on any atom is -0.633 e. The zero-order valence-electron chi connectivity index (χ0n) is 17.3. The van der Waals surface area contributed by atoms with E-state index in [0.717, 1.165) is 16.0 Å². The summed E-state index contributed by atoms with van der Waals surface area (Å²) < 4.78 is 7.65. The quantitative estimate of drug-likeness (QED) is 0.416. The van der Waals surface area contributed by atoms with Gasteiger partial charge in [0.05, 0.1) is 45.5 Å². The topological polar surface area (TPSA) is 91.6 Å². The number of piperazine rings is 1. The summed E-state index contributed by atoms with van der Waals surface area (Å²) in [4.78, 5) is 25.9. The van der Waals surface area contributed by atoms with Gasteiger partial charge in [-0.25, -0.2) is 4.79 Å². The van der Waals surface area contributed by atoms with Crippen molar-refractivity contribution in [3.63, 3.8) is 0 Å². The second-order valence-corrected chi connectivity index (χ2v) is 7.44. The molecule has 29 heavy (non-hydrogen) atoms. The zero-order chi connectivity index (χ0) is 21.0. The van der Waals surface area contributed by atoms with Crippen molar-refractivity contribution in [3.8, 4) is 5.75 Å². The number of nitrogens with zero attached hydrogens (tertiary/aromatic N) is 4. The van der Waals surface area contributed by atoms with Crippen LogP contribution in [0.2, 0.25) is 0 Å². The Morgan fingerprint density at radius 2 is 1.83 bits per heavy atom. The molecule has 0 bridgehead atoms. The highest BCUT2D eigenvalue weighted by atomic mass is 16.5. The molecular weight excluding hydrogens is 374 g/mol. The molecule has 1 aromatic heterocycles. The summed E-state index contributed by atoms with van der Waals surface area (Å²) in [6.45, 7) is 3.41. The largest absolute Gasteiger partial charge is 0.633 e. The monoisotopic (exact) mass is 403 g/mol. The van der Waals surface area contributed by atoms with Crippen LogP contribution in [0.4, 0.5) is 11.5 Å². The lowest BCUT2D eigenvalue weighted by molar-refractivity contribution is -0.881. The summed E-state index contributed by atoms with van der Waals surface area (Å²) in [5.41, 5.74) is 0.296. The molecule has 0 amide bonds. The van der Waals surface area contributed by atoms with Crippen LogP contribution < -0.4 is 26.2 Å². The third-order valence-corrected chi connectivity index (χ3v) is 5.56. The third kappa shape index (κ3) is 4.63. The van der Waals surface area contributed by atoms with Crippen molar-refractivity contribution in [1.82, 2.24) is 9.13 Å². The van der Waals surface area contributed by atoms with Crippen molar-refractivity contribution in [2.45, 2.75) is 6.42 Å². The molecule has 0 radical (unpaired) electrons. The molecule has 1 saturated heterocycles. The molecule has 0 unspecified atom stereocenters. The Balaban J connectivity index is 1.51. The first-order chi connectivity index (χ1) is 13.8. The molecule has 9 nitrogen and oxygen atoms in total. The lowest BCUT2D eigenvalue weighted by atomic mass is 10.2. The predicted molar refractivity (Wildman–Crippen MR) is 113 cm³/mol. The van der Waals surface area contributed by atoms with Crippen LogP contribution in [-0.2, 0) is 14.1 Å². The Hall–Kier alpha value is -2.78. The Morgan fingerprint density at radius 3 is 2.52 bits per heavy atom. The number of nitrogens with one attached hydrogen (secondary N) is 1. The van der Waals surface area contributed by atoms with Crippen LogP contribution >= 0.6 is 0 Å². The fraction of sp³-hybridized carbons (Fsp3) is 0.500. The van der Waals surface area contributed by atoms with Gasteiger partial charge in [-0.05, 0) is 12.1 Å². The summed E-state index contributed by atoms with van der Waals surface area (Å²) in [5.74, 6) is 1.29. The van der Waals surface area contributed by atoms with E-state index in [4.69, 9.17) is 4.74 Å². The smallest absolute Gasteiger partial charge is 0.332 e. The fourth-order valence-electron chi connectivity index (χ4n) is 3.67. The van der Waals surface area contributed by atoms with Crippen LogP contribution in [0.5, 0.6) is 5.75 Å². The first-order valence-electron chi connectivity index (χ1n) is 9.81. The van der Waals surface area contributed by atoms with Crippen molar-refractivity contribution >= 4 is 11.5 Å². The summed E-state index contributed by atoms with van der Waals surface area (Å²) in [6, 6.07) is 9.25. The van der Waals surface area contributed by atoms with Gasteiger partial charge in [-0.3, -0.25) is 13.9 Å². The summed E-state index contributed by atoms with van der Waals surface area (Å²) in [5, 5.41) is 16.1. The van der Waals surface area contributed by atoms with Crippen LogP contribution in [0.25, 0.3) is 0 Å². The number of para-hydroxylation sites is 2. The highest BCUT2D eigenvalue weighted by molar-refractivity contribution is 5.58. The highest BCUT2D eigenvalue weighted by Crippen LogP contribution is 2.29. The number of aromatic nitrogens is 2. The molecule has 0 saturated carbocycles. The van der Waals surface area contributed by atoms with Gasteiger partial charge in [-0.2, -0.15) is 0 Å². The van der Waals surface area contributed by atoms with Crippen molar-refractivity contribution in [2.75, 3.05) is 56.6 Å². The van der Waals surface area contributed by atoms with E-state index < -0.39 is 0 Å². The first kappa shape index (κ1) is 20.9. The zero-order valence-corrected chi connectivity index (χ0v) is 17.3. The number of ether oxygens (including phenoxy) is 1. The van der Waals surface area contributed by atoms with Gasteiger partial charge >= 0.3 is 5.69 Å². The molecule has 1 aromatic carbocycles. The molecule has 0 aliphatic carbocycles. The van der Waals surface area contributed by atoms with Crippen molar-refractivity contribution in [2.24, 2.45) is 14.1 Å². The molecule has 9 heteroatoms. The maximum Gasteiger partial charge on any atom is 0.332 e. The maximum absolute atomic E-state index is 13.0. The number of methoxy groups -OCH3 is 1. The lowest BCUT2D eigenvalue weighted by Gasteiger charge is -2.49. The van der Waals surface area contributed by atoms with E-state index in [9.17, 15) is 14.8 Å². The standard InChI is InChI=1S/C20H29N5O4/c1-22-18(15-19(26)23(2)20(22)27)21-9-6-12-25(28)13-10-24(11-14-25)16-7-4-5-8-17(16)29-3/h4-5,7-8,15,21H,6,9-14H2,1-3H3. The van der Waals surface area contributed by atoms with E-state index in [1.807, 2.05) is 24.3 Å². The van der Waals surface area contributed by atoms with E-state index >= 15 is 0 Å². The summed E-state index contributed by atoms with van der Waals surface area (Å²) in [7, 11) is 4.72. The second kappa shape index (κ2) is 8.71. The predicted octanol–water partition coefficient (Wildman–Crippen LogP) is 0.729. The van der Waals surface area contributed by atoms with Gasteiger partial charge in [-0.1, -0.05) is 12.1 Å². The van der Waals surface area contributed by atoms with Crippen molar-refractivity contribution in [3.05, 3.63) is 56.4 Å². The molecule has 1 aliphatic rings. The van der Waals surface area contributed by atoms with Gasteiger partial charge in [0, 0.05) is 33.1 Å². The van der Waals surface area contributed by atoms with Gasteiger partial charge in [0.1, 0.15) is 11.6 Å². The highest BCUT2D eigenvalue weighted by Gasteiger charge is 2.26. The molecule has 158 valence electrons. The molecule has 1 aliphatic heterocycles. The number of anilines is 2. The molecular formula is C20H29N5O4. The number of hydrogen-bond acceptors (Lipinski definition) is 6. The van der Waals surface area contributed by atoms with Gasteiger partial charge in [0.2, 0.25) is 0 Å². The van der Waals surface area contributed by atoms with Crippen molar-refractivity contribution in [1.29, 1.82) is 0 Å². The average Bonchev–Trinajstić information content (AvgIpc) is 2.73. The third-order valence-electron chi connectivity index (χ3n) is 5.56. The summed E-state index contributed by atoms with van der Waals surface area (Å²) in [6.07, 6.45) is 0.654. The van der Waals surface area contributed by atoms with E-state index in [0.29, 0.717) is 51.5 Å². The Bertz CT molecular complexity index is 960. The molecule has 0 spiro atoms. The fourth-order valence-corrected chi connectivity index (χ4v) is 3.67. The van der Waals surface area contributed by atoms with E-state index in [2.05, 4.69) is 10.2 Å². The van der Waals surface area contributed by atoms with Crippen LogP contribution in [-0.4, -0.2) is 60.2 Å². The van der Waals surface area contributed by atoms with Crippen LogP contribution in [0.15, 0.2) is 39.9 Å². The minimum absolute atomic E-state index is 0.233. The van der Waals surface area contributed by atoms with Crippen LogP contribution in [0.1, 0.15) is 6.42 Å². The second-order valence-electron chi connectivity index (χ2n) is 7.44. The Labute approximate surface area is 169 Å².